The molecule has 0 N–H and O–H groups in total. The van der Waals surface area contributed by atoms with E-state index in [1.165, 1.54) is 5.57 Å². The highest BCUT2D eigenvalue weighted by Crippen LogP contribution is 2.50. The van der Waals surface area contributed by atoms with Crippen LogP contribution in [-0.2, 0) is 19.1 Å². The Labute approximate surface area is 157 Å². The average Bonchev–Trinajstić information content (AvgIpc) is 3.05. The van der Waals surface area contributed by atoms with E-state index < -0.39 is 0 Å². The van der Waals surface area contributed by atoms with Crippen LogP contribution in [0.2, 0.25) is 0 Å². The smallest absolute Gasteiger partial charge is 0.311 e. The second kappa shape index (κ2) is 7.03. The Morgan fingerprint density at radius 3 is 2.96 bits per heavy atom. The zero-order valence-corrected chi connectivity index (χ0v) is 16.7. The fraction of sp³-hybridized carbons (Fsp3) is 0.778. The number of fused-ring (bicyclic) bond motifs is 3. The number of hydrogen-bond acceptors (Lipinski definition) is 5. The number of carbonyl (C=O) groups is 2. The molecule has 2 fully saturated rings. The minimum Gasteiger partial charge on any atom is -0.459 e. The second-order valence-corrected chi connectivity index (χ2v) is 8.91. The van der Waals surface area contributed by atoms with Gasteiger partial charge in [0.25, 0.3) is 0 Å². The lowest BCUT2D eigenvalue weighted by Crippen LogP contribution is -2.36. The lowest BCUT2D eigenvalue weighted by molar-refractivity contribution is -0.145. The first kappa shape index (κ1) is 18.3. The Kier molecular flexibility index (Phi) is 5.37. The zero-order chi connectivity index (χ0) is 17.5. The third-order valence-electron chi connectivity index (χ3n) is 5.64. The van der Waals surface area contributed by atoms with Crippen LogP contribution in [0.4, 0.5) is 0 Å². The molecular formula is C18H26INO4. The van der Waals surface area contributed by atoms with E-state index in [4.69, 9.17) is 9.47 Å². The average molecular weight is 447 g/mol. The van der Waals surface area contributed by atoms with Crippen LogP contribution in [0.5, 0.6) is 0 Å². The molecule has 3 rings (SSSR count). The number of halogens is 1. The molecule has 0 unspecified atom stereocenters. The summed E-state index contributed by atoms with van der Waals surface area (Å²) in [5, 5.41) is 0. The van der Waals surface area contributed by atoms with E-state index >= 15 is 0 Å². The van der Waals surface area contributed by atoms with Crippen molar-refractivity contribution in [3.05, 3.63) is 11.6 Å². The maximum atomic E-state index is 12.5. The first-order valence-corrected chi connectivity index (χ1v) is 9.79. The lowest BCUT2D eigenvalue weighted by Gasteiger charge is -2.24. The molecule has 5 atom stereocenters. The van der Waals surface area contributed by atoms with Crippen LogP contribution in [0.3, 0.4) is 0 Å². The van der Waals surface area contributed by atoms with E-state index in [0.717, 1.165) is 25.7 Å². The number of likely N-dealkylation sites (N-methyl/N-ethyl adjacent to an activating group) is 1. The monoisotopic (exact) mass is 447 g/mol. The van der Waals surface area contributed by atoms with Gasteiger partial charge in [-0.2, -0.15) is 0 Å². The van der Waals surface area contributed by atoms with Gasteiger partial charge >= 0.3 is 5.97 Å². The van der Waals surface area contributed by atoms with Crippen molar-refractivity contribution in [2.75, 3.05) is 20.1 Å². The molecule has 2 aliphatic heterocycles. The highest BCUT2D eigenvalue weighted by Gasteiger charge is 2.62. The quantitative estimate of drug-likeness (QED) is 0.218. The minimum atomic E-state index is -0.170. The molecule has 0 amide bonds. The molecule has 0 aromatic carbocycles. The third kappa shape index (κ3) is 3.85. The molecule has 6 heteroatoms. The Morgan fingerprint density at radius 1 is 1.50 bits per heavy atom. The lowest BCUT2D eigenvalue weighted by atomic mass is 9.80. The Hall–Kier alpha value is -0.470. The predicted octanol–water partition coefficient (Wildman–Crippen LogP) is 2.72. The molecule has 1 aliphatic carbocycles. The molecule has 0 saturated carbocycles. The summed E-state index contributed by atoms with van der Waals surface area (Å²) in [7, 11) is 1.89. The van der Waals surface area contributed by atoms with Crippen molar-refractivity contribution in [3.63, 3.8) is 0 Å². The van der Waals surface area contributed by atoms with Gasteiger partial charge in [0, 0.05) is 35.1 Å². The molecule has 0 aromatic heterocycles. The van der Waals surface area contributed by atoms with Crippen LogP contribution < -0.4 is 0 Å². The molecule has 2 heterocycles. The van der Waals surface area contributed by atoms with Crippen molar-refractivity contribution in [2.24, 2.45) is 11.8 Å². The summed E-state index contributed by atoms with van der Waals surface area (Å²) in [4.78, 5) is 25.8. The van der Waals surface area contributed by atoms with Gasteiger partial charge in [-0.1, -0.05) is 11.6 Å². The minimum absolute atomic E-state index is 0.0276. The maximum Gasteiger partial charge on any atom is 0.311 e. The summed E-state index contributed by atoms with van der Waals surface area (Å²) < 4.78 is 11.8. The van der Waals surface area contributed by atoms with Gasteiger partial charge in [0.1, 0.15) is 12.2 Å². The first-order valence-electron chi connectivity index (χ1n) is 8.71. The Morgan fingerprint density at radius 2 is 2.25 bits per heavy atom. The molecule has 5 nitrogen and oxygen atoms in total. The second-order valence-electron chi connectivity index (χ2n) is 7.70. The van der Waals surface area contributed by atoms with E-state index in [9.17, 15) is 9.59 Å². The van der Waals surface area contributed by atoms with Gasteiger partial charge in [-0.05, 0) is 46.6 Å². The van der Waals surface area contributed by atoms with Gasteiger partial charge in [-0.15, -0.1) is 0 Å². The van der Waals surface area contributed by atoms with Gasteiger partial charge < -0.3 is 9.47 Å². The largest absolute Gasteiger partial charge is 0.459 e. The maximum absolute atomic E-state index is 12.5. The molecule has 0 aromatic rings. The first-order chi connectivity index (χ1) is 11.3. The molecular weight excluding hydrogens is 421 g/mol. The molecule has 2 saturated heterocycles. The zero-order valence-electron chi connectivity index (χ0n) is 14.6. The van der Waals surface area contributed by atoms with Crippen LogP contribution >= 0.6 is 22.6 Å². The fourth-order valence-corrected chi connectivity index (χ4v) is 4.74. The van der Waals surface area contributed by atoms with Crippen molar-refractivity contribution >= 4 is 32.4 Å². The number of allylic oxidation sites excluding steroid dienone is 2. The fourth-order valence-electron chi connectivity index (χ4n) is 4.16. The summed E-state index contributed by atoms with van der Waals surface area (Å²) in [5.74, 6) is -0.134. The molecule has 0 bridgehead atoms. The highest BCUT2D eigenvalue weighted by atomic mass is 127. The van der Waals surface area contributed by atoms with Crippen LogP contribution in [-0.4, -0.2) is 52.6 Å². The summed E-state index contributed by atoms with van der Waals surface area (Å²) in [6, 6.07) is 0. The molecule has 24 heavy (non-hydrogen) atoms. The van der Waals surface area contributed by atoms with E-state index in [-0.39, 0.29) is 39.4 Å². The van der Waals surface area contributed by atoms with Crippen molar-refractivity contribution in [2.45, 2.75) is 57.3 Å². The topological polar surface area (TPSA) is 59.1 Å². The predicted molar refractivity (Wildman–Crippen MR) is 98.9 cm³/mol. The van der Waals surface area contributed by atoms with Crippen molar-refractivity contribution in [1.82, 2.24) is 4.90 Å². The number of hydrogen-bond donors (Lipinski definition) is 0. The van der Waals surface area contributed by atoms with Crippen LogP contribution in [0.25, 0.3) is 0 Å². The number of nitrogens with zero attached hydrogens (tertiary/aromatic N) is 1. The standard InChI is InChI=1S/C18H26INO4/c1-11-5-4-8-18(2)16(24-18)15-12(7-6-11)13(17(22)23-15)9-20(3)10-14(19)21/h5,12-13,15-16H,4,6-10H2,1-3H3/b11-5+/t12-,13-,15-,16-,18+/m0/s1. The van der Waals surface area contributed by atoms with Crippen molar-refractivity contribution in [3.8, 4) is 0 Å². The van der Waals surface area contributed by atoms with Crippen LogP contribution in [0.15, 0.2) is 11.6 Å². The van der Waals surface area contributed by atoms with Crippen molar-refractivity contribution in [1.29, 1.82) is 0 Å². The number of ether oxygens (including phenoxy) is 2. The third-order valence-corrected chi connectivity index (χ3v) is 5.98. The van der Waals surface area contributed by atoms with E-state index in [2.05, 4.69) is 19.9 Å². The van der Waals surface area contributed by atoms with Gasteiger partial charge in [0.05, 0.1) is 18.1 Å². The Bertz CT molecular complexity index is 563. The molecule has 3 aliphatic rings. The van der Waals surface area contributed by atoms with Crippen LogP contribution in [0, 0.1) is 11.8 Å². The summed E-state index contributed by atoms with van der Waals surface area (Å²) >= 11 is 1.80. The number of esters is 1. The van der Waals surface area contributed by atoms with Gasteiger partial charge in [0.15, 0.2) is 0 Å². The normalized spacial score (nSPS) is 41.0. The molecule has 0 spiro atoms. The summed E-state index contributed by atoms with van der Waals surface area (Å²) in [6.07, 6.45) is 6.12. The number of carbonyl (C=O) groups excluding carboxylic acids is 2. The van der Waals surface area contributed by atoms with E-state index in [0.29, 0.717) is 13.1 Å². The number of epoxide rings is 1. The number of rotatable bonds is 4. The highest BCUT2D eigenvalue weighted by molar-refractivity contribution is 14.1. The van der Waals surface area contributed by atoms with E-state index in [1.54, 1.807) is 22.6 Å². The SMILES string of the molecule is C/C1=C\CC[C@@]2(C)O[C@H]2[C@H]2OC(=O)[C@@H](CN(C)CC(=O)I)[C@@H]2CC1. The van der Waals surface area contributed by atoms with Crippen LogP contribution in [0.1, 0.15) is 39.5 Å². The molecule has 0 radical (unpaired) electrons. The van der Waals surface area contributed by atoms with E-state index in [1.807, 2.05) is 11.9 Å². The van der Waals surface area contributed by atoms with Gasteiger partial charge in [0.2, 0.25) is 3.79 Å². The summed E-state index contributed by atoms with van der Waals surface area (Å²) in [6.45, 7) is 5.22. The molecule has 134 valence electrons. The van der Waals surface area contributed by atoms with Gasteiger partial charge in [-0.25, -0.2) is 0 Å². The van der Waals surface area contributed by atoms with Crippen molar-refractivity contribution < 1.29 is 19.1 Å². The Balaban J connectivity index is 1.77. The van der Waals surface area contributed by atoms with Gasteiger partial charge in [-0.3, -0.25) is 14.5 Å². The summed E-state index contributed by atoms with van der Waals surface area (Å²) in [5.41, 5.74) is 1.22.